The lowest BCUT2D eigenvalue weighted by Crippen LogP contribution is -2.35. The van der Waals surface area contributed by atoms with Crippen LogP contribution in [0.3, 0.4) is 0 Å². The molecule has 2 aliphatic heterocycles. The van der Waals surface area contributed by atoms with Crippen LogP contribution in [0.1, 0.15) is 31.2 Å². The van der Waals surface area contributed by atoms with Gasteiger partial charge in [0.2, 0.25) is 0 Å². The molecule has 2 fully saturated rings. The van der Waals surface area contributed by atoms with E-state index in [0.717, 1.165) is 57.6 Å². The average molecular weight is 331 g/mol. The van der Waals surface area contributed by atoms with Crippen molar-refractivity contribution in [1.82, 2.24) is 9.80 Å². The number of hydrogen-bond donors (Lipinski definition) is 1. The minimum atomic E-state index is -0.0220. The zero-order valence-corrected chi connectivity index (χ0v) is 14.8. The highest BCUT2D eigenvalue weighted by Crippen LogP contribution is 2.19. The van der Waals surface area contributed by atoms with E-state index in [9.17, 15) is 0 Å². The number of aliphatic hydroxyl groups excluding tert-OH is 1. The van der Waals surface area contributed by atoms with Crippen LogP contribution < -0.4 is 4.74 Å². The number of aliphatic hydroxyl groups is 1. The molecule has 24 heavy (non-hydrogen) atoms. The van der Waals surface area contributed by atoms with Crippen molar-refractivity contribution < 1.29 is 9.84 Å². The van der Waals surface area contributed by atoms with Gasteiger partial charge in [-0.1, -0.05) is 6.07 Å². The Balaban J connectivity index is 0.000000219. The summed E-state index contributed by atoms with van der Waals surface area (Å²) < 4.78 is 5.87. The summed E-state index contributed by atoms with van der Waals surface area (Å²) in [5.74, 6) is 0.814. The monoisotopic (exact) mass is 331 g/mol. The summed E-state index contributed by atoms with van der Waals surface area (Å²) in [7, 11) is 4.22. The summed E-state index contributed by atoms with van der Waals surface area (Å²) in [6.07, 6.45) is 4.31. The van der Waals surface area contributed by atoms with Crippen LogP contribution in [0.5, 0.6) is 5.75 Å². The van der Waals surface area contributed by atoms with Crippen molar-refractivity contribution in [2.75, 3.05) is 40.3 Å². The molecule has 2 aliphatic rings. The molecule has 132 valence electrons. The number of nitriles is 1. The topological polar surface area (TPSA) is 59.7 Å². The standard InChI is InChI=1S/C13H16N2O.C6H13NO/c1-15-7-5-12(6-8-15)16-13-4-2-3-11(9-13)10-14;1-7-4-2-6(8)3-5-7/h2-4,9,12H,5-8H2,1H3;6,8H,2-5H2,1H3. The van der Waals surface area contributed by atoms with Crippen LogP contribution in [0.2, 0.25) is 0 Å². The molecular weight excluding hydrogens is 302 g/mol. The Kier molecular flexibility index (Phi) is 7.51. The summed E-state index contributed by atoms with van der Waals surface area (Å²) in [4.78, 5) is 4.55. The van der Waals surface area contributed by atoms with Gasteiger partial charge in [-0.05, 0) is 58.0 Å². The number of likely N-dealkylation sites (tertiary alicyclic amines) is 2. The number of ether oxygens (including phenoxy) is 1. The van der Waals surface area contributed by atoms with Crippen LogP contribution in [-0.2, 0) is 0 Å². The van der Waals surface area contributed by atoms with Gasteiger partial charge in [-0.3, -0.25) is 0 Å². The first-order valence-corrected chi connectivity index (χ1v) is 8.79. The first-order valence-electron chi connectivity index (χ1n) is 8.79. The van der Waals surface area contributed by atoms with Crippen molar-refractivity contribution in [1.29, 1.82) is 5.26 Å². The van der Waals surface area contributed by atoms with Crippen molar-refractivity contribution in [3.05, 3.63) is 29.8 Å². The number of benzene rings is 1. The molecule has 5 nitrogen and oxygen atoms in total. The van der Waals surface area contributed by atoms with E-state index in [-0.39, 0.29) is 6.10 Å². The molecule has 1 aromatic carbocycles. The van der Waals surface area contributed by atoms with E-state index in [1.807, 2.05) is 12.1 Å². The highest BCUT2D eigenvalue weighted by atomic mass is 16.5. The summed E-state index contributed by atoms with van der Waals surface area (Å²) in [5, 5.41) is 17.8. The largest absolute Gasteiger partial charge is 0.490 e. The van der Waals surface area contributed by atoms with Gasteiger partial charge in [0, 0.05) is 26.2 Å². The zero-order chi connectivity index (χ0) is 17.4. The van der Waals surface area contributed by atoms with Crippen LogP contribution >= 0.6 is 0 Å². The molecule has 3 rings (SSSR count). The van der Waals surface area contributed by atoms with Crippen molar-refractivity contribution in [2.45, 2.75) is 37.9 Å². The van der Waals surface area contributed by atoms with E-state index >= 15 is 0 Å². The highest BCUT2D eigenvalue weighted by molar-refractivity contribution is 5.36. The molecule has 0 amide bonds. The molecule has 0 radical (unpaired) electrons. The lowest BCUT2D eigenvalue weighted by Gasteiger charge is -2.29. The van der Waals surface area contributed by atoms with Crippen LogP contribution in [0.4, 0.5) is 0 Å². The fraction of sp³-hybridized carbons (Fsp3) is 0.632. The fourth-order valence-corrected chi connectivity index (χ4v) is 2.93. The minimum Gasteiger partial charge on any atom is -0.490 e. The molecule has 0 aliphatic carbocycles. The van der Waals surface area contributed by atoms with Gasteiger partial charge < -0.3 is 19.6 Å². The van der Waals surface area contributed by atoms with Crippen LogP contribution in [0.15, 0.2) is 24.3 Å². The molecule has 2 heterocycles. The van der Waals surface area contributed by atoms with Gasteiger partial charge in [-0.15, -0.1) is 0 Å². The Labute approximate surface area is 145 Å². The van der Waals surface area contributed by atoms with Gasteiger partial charge in [0.25, 0.3) is 0 Å². The third-order valence-electron chi connectivity index (χ3n) is 4.62. The Morgan fingerprint density at radius 2 is 1.62 bits per heavy atom. The summed E-state index contributed by atoms with van der Waals surface area (Å²) in [5.41, 5.74) is 0.658. The van der Waals surface area contributed by atoms with Gasteiger partial charge in [0.1, 0.15) is 11.9 Å². The van der Waals surface area contributed by atoms with Gasteiger partial charge in [0.15, 0.2) is 0 Å². The van der Waals surface area contributed by atoms with E-state index in [1.54, 1.807) is 12.1 Å². The van der Waals surface area contributed by atoms with E-state index in [1.165, 1.54) is 0 Å². The number of nitrogens with zero attached hydrogens (tertiary/aromatic N) is 3. The molecule has 1 aromatic rings. The molecular formula is C19H29N3O2. The summed E-state index contributed by atoms with van der Waals surface area (Å²) in [6, 6.07) is 9.50. The Bertz CT molecular complexity index is 518. The molecule has 0 atom stereocenters. The lowest BCUT2D eigenvalue weighted by atomic mass is 10.1. The first kappa shape index (κ1) is 18.7. The molecule has 0 spiro atoms. The van der Waals surface area contributed by atoms with Crippen LogP contribution in [-0.4, -0.2) is 67.4 Å². The van der Waals surface area contributed by atoms with Crippen LogP contribution in [0.25, 0.3) is 0 Å². The summed E-state index contributed by atoms with van der Waals surface area (Å²) >= 11 is 0. The third-order valence-corrected chi connectivity index (χ3v) is 4.62. The molecule has 0 aromatic heterocycles. The summed E-state index contributed by atoms with van der Waals surface area (Å²) in [6.45, 7) is 4.29. The van der Waals surface area contributed by atoms with Crippen LogP contribution in [0, 0.1) is 11.3 Å². The second-order valence-corrected chi connectivity index (χ2v) is 6.79. The third kappa shape index (κ3) is 6.48. The molecule has 0 unspecified atom stereocenters. The van der Waals surface area contributed by atoms with Crippen molar-refractivity contribution in [3.8, 4) is 11.8 Å². The second-order valence-electron chi connectivity index (χ2n) is 6.79. The van der Waals surface area contributed by atoms with E-state index in [4.69, 9.17) is 15.1 Å². The predicted molar refractivity (Wildman–Crippen MR) is 95.0 cm³/mol. The van der Waals surface area contributed by atoms with Gasteiger partial charge in [-0.25, -0.2) is 0 Å². The Morgan fingerprint density at radius 3 is 2.17 bits per heavy atom. The number of hydrogen-bond acceptors (Lipinski definition) is 5. The predicted octanol–water partition coefficient (Wildman–Crippen LogP) is 2.10. The first-order chi connectivity index (χ1) is 11.6. The van der Waals surface area contributed by atoms with E-state index < -0.39 is 0 Å². The minimum absolute atomic E-state index is 0.0220. The maximum absolute atomic E-state index is 9.00. The molecule has 2 saturated heterocycles. The maximum atomic E-state index is 9.00. The molecule has 0 saturated carbocycles. The average Bonchev–Trinajstić information content (AvgIpc) is 2.60. The van der Waals surface area contributed by atoms with Crippen molar-refractivity contribution >= 4 is 0 Å². The Hall–Kier alpha value is -1.61. The number of piperidine rings is 2. The van der Waals surface area contributed by atoms with Crippen molar-refractivity contribution in [3.63, 3.8) is 0 Å². The number of rotatable bonds is 2. The lowest BCUT2D eigenvalue weighted by molar-refractivity contribution is 0.0943. The Morgan fingerprint density at radius 1 is 1.04 bits per heavy atom. The molecule has 0 bridgehead atoms. The zero-order valence-electron chi connectivity index (χ0n) is 14.8. The van der Waals surface area contributed by atoms with Gasteiger partial charge in [0.05, 0.1) is 17.7 Å². The molecule has 5 heteroatoms. The van der Waals surface area contributed by atoms with Crippen molar-refractivity contribution in [2.24, 2.45) is 0 Å². The van der Waals surface area contributed by atoms with Gasteiger partial charge >= 0.3 is 0 Å². The normalized spacial score (nSPS) is 20.8. The fourth-order valence-electron chi connectivity index (χ4n) is 2.93. The SMILES string of the molecule is CN1CCC(O)CC1.CN1CCC(Oc2cccc(C#N)c2)CC1. The molecule has 1 N–H and O–H groups in total. The highest BCUT2D eigenvalue weighted by Gasteiger charge is 2.17. The van der Waals surface area contributed by atoms with E-state index in [0.29, 0.717) is 11.7 Å². The van der Waals surface area contributed by atoms with E-state index in [2.05, 4.69) is 30.0 Å². The quantitative estimate of drug-likeness (QED) is 0.899. The van der Waals surface area contributed by atoms with Gasteiger partial charge in [-0.2, -0.15) is 5.26 Å². The smallest absolute Gasteiger partial charge is 0.121 e. The maximum Gasteiger partial charge on any atom is 0.121 e. The second kappa shape index (κ2) is 9.63.